The summed E-state index contributed by atoms with van der Waals surface area (Å²) in [7, 11) is -1.18. The molecule has 6 heteroatoms. The molecule has 0 fully saturated rings. The summed E-state index contributed by atoms with van der Waals surface area (Å²) in [5.41, 5.74) is 2.67. The molecule has 2 unspecified atom stereocenters. The molecule has 1 aliphatic rings. The van der Waals surface area contributed by atoms with Gasteiger partial charge in [-0.2, -0.15) is 0 Å². The van der Waals surface area contributed by atoms with E-state index in [1.54, 1.807) is 6.20 Å². The molecule has 0 saturated carbocycles. The summed E-state index contributed by atoms with van der Waals surface area (Å²) in [6, 6.07) is 11.5. The zero-order chi connectivity index (χ0) is 15.1. The first-order valence-corrected chi connectivity index (χ1v) is 8.44. The first-order chi connectivity index (χ1) is 10.8. The van der Waals surface area contributed by atoms with E-state index in [0.717, 1.165) is 22.5 Å². The fraction of sp³-hybridized carbons (Fsp3) is 0.250. The number of aromatic nitrogens is 3. The standard InChI is InChI=1S/C16H15N3O2S/c1-2-21-11-6-7-14-13(9-11)18-16-19(14)10-15(22(16)20)12-5-3-4-8-17-12/h3-9,15H,2,10H2,1H3. The van der Waals surface area contributed by atoms with Gasteiger partial charge in [0.1, 0.15) is 21.8 Å². The summed E-state index contributed by atoms with van der Waals surface area (Å²) < 4.78 is 20.3. The lowest BCUT2D eigenvalue weighted by Gasteiger charge is -2.07. The molecular formula is C16H15N3O2S. The van der Waals surface area contributed by atoms with Crippen LogP contribution in [-0.2, 0) is 17.3 Å². The van der Waals surface area contributed by atoms with E-state index in [1.807, 2.05) is 47.9 Å². The van der Waals surface area contributed by atoms with Gasteiger partial charge in [-0.1, -0.05) is 6.07 Å². The maximum absolute atomic E-state index is 12.7. The van der Waals surface area contributed by atoms with Crippen LogP contribution in [0.15, 0.2) is 47.8 Å². The topological polar surface area (TPSA) is 57.0 Å². The monoisotopic (exact) mass is 313 g/mol. The summed E-state index contributed by atoms with van der Waals surface area (Å²) in [5.74, 6) is 0.791. The minimum absolute atomic E-state index is 0.125. The van der Waals surface area contributed by atoms with Crippen LogP contribution in [-0.4, -0.2) is 25.4 Å². The second-order valence-corrected chi connectivity index (χ2v) is 6.66. The molecule has 0 spiro atoms. The number of hydrogen-bond donors (Lipinski definition) is 0. The van der Waals surface area contributed by atoms with Gasteiger partial charge < -0.3 is 9.30 Å². The van der Waals surface area contributed by atoms with E-state index in [0.29, 0.717) is 18.3 Å². The van der Waals surface area contributed by atoms with E-state index in [1.165, 1.54) is 0 Å². The quantitative estimate of drug-likeness (QED) is 0.746. The lowest BCUT2D eigenvalue weighted by Crippen LogP contribution is -2.05. The van der Waals surface area contributed by atoms with Crippen molar-refractivity contribution in [2.45, 2.75) is 23.9 Å². The Morgan fingerprint density at radius 2 is 2.27 bits per heavy atom. The van der Waals surface area contributed by atoms with Gasteiger partial charge in [0.25, 0.3) is 0 Å². The lowest BCUT2D eigenvalue weighted by molar-refractivity contribution is 0.340. The molecule has 2 aromatic heterocycles. The molecule has 22 heavy (non-hydrogen) atoms. The van der Waals surface area contributed by atoms with Gasteiger partial charge in [-0.25, -0.2) is 4.98 Å². The van der Waals surface area contributed by atoms with Gasteiger partial charge in [0, 0.05) is 18.8 Å². The summed E-state index contributed by atoms with van der Waals surface area (Å²) in [5, 5.41) is 0.499. The highest BCUT2D eigenvalue weighted by atomic mass is 32.2. The van der Waals surface area contributed by atoms with Crippen molar-refractivity contribution >= 4 is 21.8 Å². The Labute approximate surface area is 130 Å². The summed E-state index contributed by atoms with van der Waals surface area (Å²) in [6.45, 7) is 3.21. The Bertz CT molecular complexity index is 860. The van der Waals surface area contributed by atoms with E-state index in [-0.39, 0.29) is 5.25 Å². The molecule has 0 N–H and O–H groups in total. The average molecular weight is 313 g/mol. The molecule has 3 heterocycles. The van der Waals surface area contributed by atoms with Crippen molar-refractivity contribution in [1.29, 1.82) is 0 Å². The third kappa shape index (κ3) is 2.02. The molecule has 4 rings (SSSR count). The Balaban J connectivity index is 1.76. The van der Waals surface area contributed by atoms with Crippen molar-refractivity contribution < 1.29 is 8.95 Å². The first kappa shape index (κ1) is 13.5. The van der Waals surface area contributed by atoms with Crippen molar-refractivity contribution in [3.05, 3.63) is 48.3 Å². The lowest BCUT2D eigenvalue weighted by atomic mass is 10.2. The fourth-order valence-corrected chi connectivity index (χ4v) is 4.28. The number of pyridine rings is 1. The van der Waals surface area contributed by atoms with Crippen molar-refractivity contribution in [3.8, 4) is 5.75 Å². The minimum Gasteiger partial charge on any atom is -0.494 e. The Hall–Kier alpha value is -2.21. The van der Waals surface area contributed by atoms with Crippen LogP contribution in [0.25, 0.3) is 11.0 Å². The molecule has 0 bridgehead atoms. The van der Waals surface area contributed by atoms with Crippen LogP contribution in [0.3, 0.4) is 0 Å². The predicted octanol–water partition coefficient (Wildman–Crippen LogP) is 2.69. The van der Waals surface area contributed by atoms with Gasteiger partial charge in [-0.05, 0) is 31.2 Å². The predicted molar refractivity (Wildman–Crippen MR) is 84.3 cm³/mol. The molecule has 1 aromatic carbocycles. The van der Waals surface area contributed by atoms with E-state index < -0.39 is 10.8 Å². The maximum Gasteiger partial charge on any atom is 0.200 e. The van der Waals surface area contributed by atoms with Crippen LogP contribution in [0, 0.1) is 0 Å². The fourth-order valence-electron chi connectivity index (χ4n) is 2.80. The molecule has 0 saturated heterocycles. The van der Waals surface area contributed by atoms with Crippen LogP contribution in [0.4, 0.5) is 0 Å². The molecule has 3 aromatic rings. The second kappa shape index (κ2) is 5.21. The zero-order valence-electron chi connectivity index (χ0n) is 12.1. The van der Waals surface area contributed by atoms with Crippen LogP contribution >= 0.6 is 0 Å². The van der Waals surface area contributed by atoms with Crippen LogP contribution in [0.1, 0.15) is 17.9 Å². The first-order valence-electron chi connectivity index (χ1n) is 7.22. The maximum atomic E-state index is 12.7. The molecule has 0 radical (unpaired) electrons. The normalized spacial score (nSPS) is 20.2. The van der Waals surface area contributed by atoms with E-state index in [9.17, 15) is 4.21 Å². The zero-order valence-corrected chi connectivity index (χ0v) is 12.9. The SMILES string of the molecule is CCOc1ccc2c(c1)nc1n2CC(c2ccccn2)S1=O. The Morgan fingerprint density at radius 3 is 3.05 bits per heavy atom. The number of hydrogen-bond acceptors (Lipinski definition) is 4. The third-order valence-corrected chi connectivity index (χ3v) is 5.38. The molecule has 0 aliphatic carbocycles. The number of benzene rings is 1. The van der Waals surface area contributed by atoms with Gasteiger partial charge in [0.2, 0.25) is 5.16 Å². The molecular weight excluding hydrogens is 298 g/mol. The van der Waals surface area contributed by atoms with Crippen molar-refractivity contribution in [1.82, 2.24) is 14.5 Å². The van der Waals surface area contributed by atoms with Gasteiger partial charge in [-0.15, -0.1) is 0 Å². The number of rotatable bonds is 3. The number of ether oxygens (including phenoxy) is 1. The van der Waals surface area contributed by atoms with Crippen molar-refractivity contribution in [2.75, 3.05) is 6.61 Å². The molecule has 2 atom stereocenters. The number of fused-ring (bicyclic) bond motifs is 3. The van der Waals surface area contributed by atoms with Gasteiger partial charge in [0.15, 0.2) is 0 Å². The van der Waals surface area contributed by atoms with E-state index in [4.69, 9.17) is 4.74 Å². The highest BCUT2D eigenvalue weighted by Gasteiger charge is 2.34. The third-order valence-electron chi connectivity index (χ3n) is 3.80. The Morgan fingerprint density at radius 1 is 1.36 bits per heavy atom. The van der Waals surface area contributed by atoms with E-state index >= 15 is 0 Å². The molecule has 112 valence electrons. The largest absolute Gasteiger partial charge is 0.494 e. The molecule has 1 aliphatic heterocycles. The van der Waals surface area contributed by atoms with Gasteiger partial charge in [0.05, 0.1) is 23.3 Å². The minimum atomic E-state index is -1.18. The van der Waals surface area contributed by atoms with Crippen LogP contribution in [0.2, 0.25) is 0 Å². The van der Waals surface area contributed by atoms with Crippen LogP contribution in [0.5, 0.6) is 5.75 Å². The van der Waals surface area contributed by atoms with Crippen LogP contribution < -0.4 is 4.74 Å². The highest BCUT2D eigenvalue weighted by Crippen LogP contribution is 2.35. The second-order valence-electron chi connectivity index (χ2n) is 5.13. The summed E-state index contributed by atoms with van der Waals surface area (Å²) >= 11 is 0. The van der Waals surface area contributed by atoms with Gasteiger partial charge in [-0.3, -0.25) is 9.19 Å². The number of imidazole rings is 1. The summed E-state index contributed by atoms with van der Waals surface area (Å²) in [4.78, 5) is 8.89. The Kier molecular flexibility index (Phi) is 3.18. The molecule has 0 amide bonds. The highest BCUT2D eigenvalue weighted by molar-refractivity contribution is 7.85. The van der Waals surface area contributed by atoms with E-state index in [2.05, 4.69) is 9.97 Å². The summed E-state index contributed by atoms with van der Waals surface area (Å²) in [6.07, 6.45) is 1.74. The van der Waals surface area contributed by atoms with Crippen molar-refractivity contribution in [2.24, 2.45) is 0 Å². The number of nitrogens with zero attached hydrogens (tertiary/aromatic N) is 3. The molecule has 5 nitrogen and oxygen atoms in total. The average Bonchev–Trinajstić information content (AvgIpc) is 3.05. The van der Waals surface area contributed by atoms with Gasteiger partial charge >= 0.3 is 0 Å². The van der Waals surface area contributed by atoms with Crippen molar-refractivity contribution in [3.63, 3.8) is 0 Å². The smallest absolute Gasteiger partial charge is 0.200 e.